The second kappa shape index (κ2) is 4.54. The van der Waals surface area contributed by atoms with Crippen LogP contribution in [0.15, 0.2) is 0 Å². The average molecular weight is 183 g/mol. The number of hydrogen-bond acceptors (Lipinski definition) is 1. The second-order valence-corrected chi connectivity index (χ2v) is 2.79. The quantitative estimate of drug-likeness (QED) is 0.674. The summed E-state index contributed by atoms with van der Waals surface area (Å²) in [5.41, 5.74) is 0. The van der Waals surface area contributed by atoms with Gasteiger partial charge < -0.3 is 5.11 Å². The molecule has 1 aliphatic rings. The summed E-state index contributed by atoms with van der Waals surface area (Å²) in [4.78, 5) is 10.3. The summed E-state index contributed by atoms with van der Waals surface area (Å²) in [7, 11) is 0. The van der Waals surface area contributed by atoms with Gasteiger partial charge in [-0.2, -0.15) is 0 Å². The first-order chi connectivity index (χ1) is 4.70. The van der Waals surface area contributed by atoms with Crippen LogP contribution in [0.3, 0.4) is 0 Å². The summed E-state index contributed by atoms with van der Waals surface area (Å²) in [6.45, 7) is 0. The standard InChI is InChI=1S/C7H11FO2.ClH/c8-6-3-1-5(2-4-6)7(9)10;/h5-6H,1-4H2,(H,9,10);1H. The van der Waals surface area contributed by atoms with Gasteiger partial charge in [0.25, 0.3) is 0 Å². The summed E-state index contributed by atoms with van der Waals surface area (Å²) in [5, 5.41) is 8.50. The lowest BCUT2D eigenvalue weighted by molar-refractivity contribution is -0.143. The van der Waals surface area contributed by atoms with E-state index in [9.17, 15) is 9.18 Å². The molecule has 2 nitrogen and oxygen atoms in total. The van der Waals surface area contributed by atoms with Gasteiger partial charge in [0.15, 0.2) is 0 Å². The maximum absolute atomic E-state index is 12.4. The van der Waals surface area contributed by atoms with Crippen LogP contribution in [0.5, 0.6) is 0 Å². The Kier molecular flexibility index (Phi) is 4.42. The number of alkyl halides is 1. The molecule has 1 rings (SSSR count). The topological polar surface area (TPSA) is 37.3 Å². The monoisotopic (exact) mass is 182 g/mol. The molecule has 0 aromatic heterocycles. The van der Waals surface area contributed by atoms with Crippen molar-refractivity contribution in [3.8, 4) is 0 Å². The highest BCUT2D eigenvalue weighted by molar-refractivity contribution is 5.85. The lowest BCUT2D eigenvalue weighted by atomic mass is 9.88. The molecule has 0 bridgehead atoms. The van der Waals surface area contributed by atoms with Crippen molar-refractivity contribution in [3.63, 3.8) is 0 Å². The zero-order valence-corrected chi connectivity index (χ0v) is 6.94. The third-order valence-corrected chi connectivity index (χ3v) is 2.01. The largest absolute Gasteiger partial charge is 0.481 e. The highest BCUT2D eigenvalue weighted by atomic mass is 35.5. The lowest BCUT2D eigenvalue weighted by Gasteiger charge is -2.20. The Labute approximate surface area is 71.2 Å². The molecule has 0 spiro atoms. The van der Waals surface area contributed by atoms with Crippen molar-refractivity contribution in [1.82, 2.24) is 0 Å². The van der Waals surface area contributed by atoms with E-state index < -0.39 is 12.1 Å². The molecule has 1 saturated carbocycles. The van der Waals surface area contributed by atoms with Crippen LogP contribution in [-0.2, 0) is 4.79 Å². The van der Waals surface area contributed by atoms with Crippen molar-refractivity contribution in [2.75, 3.05) is 0 Å². The zero-order valence-electron chi connectivity index (χ0n) is 6.12. The Morgan fingerprint density at radius 2 is 1.73 bits per heavy atom. The summed E-state index contributed by atoms with van der Waals surface area (Å²) in [6, 6.07) is 0. The van der Waals surface area contributed by atoms with Crippen molar-refractivity contribution < 1.29 is 14.3 Å². The Morgan fingerprint density at radius 1 is 1.27 bits per heavy atom. The van der Waals surface area contributed by atoms with Crippen LogP contribution in [0.25, 0.3) is 0 Å². The SMILES string of the molecule is Cl.O=C(O)C1CCC(F)CC1. The molecule has 0 aliphatic heterocycles. The average Bonchev–Trinajstić information content (AvgIpc) is 1.88. The van der Waals surface area contributed by atoms with E-state index in [1.807, 2.05) is 0 Å². The minimum absolute atomic E-state index is 0. The molecule has 1 N–H and O–H groups in total. The third-order valence-electron chi connectivity index (χ3n) is 2.01. The van der Waals surface area contributed by atoms with Gasteiger partial charge in [-0.1, -0.05) is 0 Å². The predicted octanol–water partition coefficient (Wildman–Crippen LogP) is 2.02. The van der Waals surface area contributed by atoms with Crippen LogP contribution in [0.1, 0.15) is 25.7 Å². The Balaban J connectivity index is 0.000001000. The van der Waals surface area contributed by atoms with Crippen LogP contribution in [-0.4, -0.2) is 17.2 Å². The van der Waals surface area contributed by atoms with Gasteiger partial charge in [0.1, 0.15) is 6.17 Å². The van der Waals surface area contributed by atoms with Crippen LogP contribution < -0.4 is 0 Å². The molecule has 0 unspecified atom stereocenters. The fourth-order valence-corrected chi connectivity index (χ4v) is 1.30. The van der Waals surface area contributed by atoms with Gasteiger partial charge in [0.05, 0.1) is 5.92 Å². The van der Waals surface area contributed by atoms with E-state index in [0.29, 0.717) is 25.7 Å². The second-order valence-electron chi connectivity index (χ2n) is 2.79. The summed E-state index contributed by atoms with van der Waals surface area (Å²) < 4.78 is 12.4. The predicted molar refractivity (Wildman–Crippen MR) is 41.7 cm³/mol. The molecule has 0 atom stereocenters. The number of carboxylic acids is 1. The van der Waals surface area contributed by atoms with Gasteiger partial charge in [0, 0.05) is 0 Å². The fourth-order valence-electron chi connectivity index (χ4n) is 1.30. The van der Waals surface area contributed by atoms with Crippen LogP contribution in [0.2, 0.25) is 0 Å². The first kappa shape index (κ1) is 10.7. The van der Waals surface area contributed by atoms with Crippen LogP contribution in [0, 0.1) is 5.92 Å². The lowest BCUT2D eigenvalue weighted by Crippen LogP contribution is -2.21. The number of carbonyl (C=O) groups is 1. The van der Waals surface area contributed by atoms with Crippen LogP contribution >= 0.6 is 12.4 Å². The molecule has 1 aliphatic carbocycles. The zero-order chi connectivity index (χ0) is 7.56. The van der Waals surface area contributed by atoms with Gasteiger partial charge in [-0.25, -0.2) is 4.39 Å². The smallest absolute Gasteiger partial charge is 0.306 e. The number of carboxylic acid groups (broad SMARTS) is 1. The van der Waals surface area contributed by atoms with Crippen molar-refractivity contribution in [2.45, 2.75) is 31.9 Å². The van der Waals surface area contributed by atoms with E-state index >= 15 is 0 Å². The first-order valence-corrected chi connectivity index (χ1v) is 3.57. The maximum atomic E-state index is 12.4. The molecule has 0 aromatic carbocycles. The summed E-state index contributed by atoms with van der Waals surface area (Å²) >= 11 is 0. The van der Waals surface area contributed by atoms with Gasteiger partial charge in [-0.05, 0) is 25.7 Å². The van der Waals surface area contributed by atoms with E-state index in [1.165, 1.54) is 0 Å². The van der Waals surface area contributed by atoms with Gasteiger partial charge in [0.2, 0.25) is 0 Å². The molecule has 1 fully saturated rings. The molecular formula is C7H12ClFO2. The molecule has 0 amide bonds. The normalized spacial score (nSPS) is 30.6. The number of hydrogen-bond donors (Lipinski definition) is 1. The van der Waals surface area contributed by atoms with E-state index in [2.05, 4.69) is 0 Å². The van der Waals surface area contributed by atoms with Gasteiger partial charge in [-0.3, -0.25) is 4.79 Å². The third kappa shape index (κ3) is 3.06. The molecule has 0 saturated heterocycles. The maximum Gasteiger partial charge on any atom is 0.306 e. The molecule has 11 heavy (non-hydrogen) atoms. The molecular weight excluding hydrogens is 171 g/mol. The Morgan fingerprint density at radius 3 is 2.09 bits per heavy atom. The minimum Gasteiger partial charge on any atom is -0.481 e. The Hall–Kier alpha value is -0.310. The highest BCUT2D eigenvalue weighted by Gasteiger charge is 2.25. The number of rotatable bonds is 1. The number of halogens is 2. The molecule has 0 radical (unpaired) electrons. The van der Waals surface area contributed by atoms with E-state index in [1.54, 1.807) is 0 Å². The van der Waals surface area contributed by atoms with E-state index in [-0.39, 0.29) is 18.3 Å². The number of aliphatic carboxylic acids is 1. The van der Waals surface area contributed by atoms with Crippen LogP contribution in [0.4, 0.5) is 4.39 Å². The van der Waals surface area contributed by atoms with Crippen molar-refractivity contribution in [1.29, 1.82) is 0 Å². The summed E-state index contributed by atoms with van der Waals surface area (Å²) in [5.74, 6) is -1.06. The molecule has 0 aromatic rings. The van der Waals surface area contributed by atoms with Crippen molar-refractivity contribution in [3.05, 3.63) is 0 Å². The minimum atomic E-state index is -0.771. The molecule has 66 valence electrons. The summed E-state index contributed by atoms with van der Waals surface area (Å²) in [6.07, 6.45) is 1.12. The van der Waals surface area contributed by atoms with E-state index in [0.717, 1.165) is 0 Å². The fraction of sp³-hybridized carbons (Fsp3) is 0.857. The van der Waals surface area contributed by atoms with Gasteiger partial charge >= 0.3 is 5.97 Å². The first-order valence-electron chi connectivity index (χ1n) is 3.57. The molecule has 4 heteroatoms. The highest BCUT2D eigenvalue weighted by Crippen LogP contribution is 2.25. The van der Waals surface area contributed by atoms with Crippen molar-refractivity contribution >= 4 is 18.4 Å². The molecule has 0 heterocycles. The Bertz CT molecular complexity index is 132. The van der Waals surface area contributed by atoms with E-state index in [4.69, 9.17) is 5.11 Å². The van der Waals surface area contributed by atoms with Crippen molar-refractivity contribution in [2.24, 2.45) is 5.92 Å². The van der Waals surface area contributed by atoms with Gasteiger partial charge in [-0.15, -0.1) is 12.4 Å².